The summed E-state index contributed by atoms with van der Waals surface area (Å²) in [7, 11) is 3.79. The highest BCUT2D eigenvalue weighted by atomic mass is 16.5. The number of rotatable bonds is 7. The average Bonchev–Trinajstić information content (AvgIpc) is 2.36. The van der Waals surface area contributed by atoms with E-state index in [-0.39, 0.29) is 5.41 Å². The Hall–Kier alpha value is -0.860. The van der Waals surface area contributed by atoms with Gasteiger partial charge in [0.2, 0.25) is 0 Å². The summed E-state index contributed by atoms with van der Waals surface area (Å²) in [5.74, 6) is 0. The van der Waals surface area contributed by atoms with Crippen LogP contribution in [0.4, 0.5) is 0 Å². The van der Waals surface area contributed by atoms with Crippen molar-refractivity contribution in [2.75, 3.05) is 27.3 Å². The minimum atomic E-state index is 0.144. The first-order valence-corrected chi connectivity index (χ1v) is 6.39. The minimum Gasteiger partial charge on any atom is -0.384 e. The van der Waals surface area contributed by atoms with Crippen molar-refractivity contribution >= 4 is 0 Å². The van der Waals surface area contributed by atoms with E-state index in [2.05, 4.69) is 43.4 Å². The molecule has 17 heavy (non-hydrogen) atoms. The van der Waals surface area contributed by atoms with E-state index in [0.29, 0.717) is 0 Å². The Balaban J connectivity index is 2.97. The lowest BCUT2D eigenvalue weighted by atomic mass is 9.76. The molecule has 0 aliphatic heterocycles. The molecule has 2 heteroatoms. The van der Waals surface area contributed by atoms with Gasteiger partial charge in [-0.1, -0.05) is 36.8 Å². The Morgan fingerprint density at radius 2 is 1.88 bits per heavy atom. The molecule has 0 aliphatic carbocycles. The fourth-order valence-corrected chi connectivity index (χ4v) is 2.33. The third-order valence-electron chi connectivity index (χ3n) is 3.61. The van der Waals surface area contributed by atoms with Crippen molar-refractivity contribution in [3.8, 4) is 0 Å². The van der Waals surface area contributed by atoms with E-state index in [4.69, 9.17) is 4.74 Å². The normalized spacial score (nSPS) is 14.6. The predicted molar refractivity (Wildman–Crippen MR) is 73.6 cm³/mol. The van der Waals surface area contributed by atoms with E-state index in [1.165, 1.54) is 11.1 Å². The van der Waals surface area contributed by atoms with Gasteiger partial charge in [0.05, 0.1) is 6.61 Å². The van der Waals surface area contributed by atoms with E-state index < -0.39 is 0 Å². The van der Waals surface area contributed by atoms with Crippen LogP contribution in [-0.4, -0.2) is 27.3 Å². The van der Waals surface area contributed by atoms with Gasteiger partial charge in [0.15, 0.2) is 0 Å². The van der Waals surface area contributed by atoms with Crippen LogP contribution in [0.25, 0.3) is 0 Å². The minimum absolute atomic E-state index is 0.144. The van der Waals surface area contributed by atoms with Crippen molar-refractivity contribution in [2.24, 2.45) is 0 Å². The van der Waals surface area contributed by atoms with Crippen molar-refractivity contribution in [1.82, 2.24) is 5.32 Å². The summed E-state index contributed by atoms with van der Waals surface area (Å²) in [4.78, 5) is 0. The number of methoxy groups -OCH3 is 1. The molecule has 0 amide bonds. The molecule has 1 unspecified atom stereocenters. The maximum Gasteiger partial charge on any atom is 0.0559 e. The van der Waals surface area contributed by atoms with E-state index in [9.17, 15) is 0 Å². The molecule has 0 aromatic heterocycles. The highest BCUT2D eigenvalue weighted by Crippen LogP contribution is 2.32. The predicted octanol–water partition coefficient (Wildman–Crippen LogP) is 2.90. The summed E-state index contributed by atoms with van der Waals surface area (Å²) in [6.45, 7) is 6.18. The van der Waals surface area contributed by atoms with E-state index in [0.717, 1.165) is 26.0 Å². The van der Waals surface area contributed by atoms with Gasteiger partial charge in [0.1, 0.15) is 0 Å². The van der Waals surface area contributed by atoms with E-state index in [1.807, 2.05) is 7.05 Å². The second-order valence-electron chi connectivity index (χ2n) is 4.79. The van der Waals surface area contributed by atoms with Crippen LogP contribution < -0.4 is 5.32 Å². The van der Waals surface area contributed by atoms with Crippen molar-refractivity contribution in [1.29, 1.82) is 0 Å². The van der Waals surface area contributed by atoms with Crippen molar-refractivity contribution in [3.05, 3.63) is 35.4 Å². The van der Waals surface area contributed by atoms with Crippen LogP contribution in [0.5, 0.6) is 0 Å². The highest BCUT2D eigenvalue weighted by molar-refractivity contribution is 5.29. The van der Waals surface area contributed by atoms with Gasteiger partial charge in [-0.25, -0.2) is 0 Å². The quantitative estimate of drug-likeness (QED) is 0.784. The number of nitrogens with one attached hydrogen (secondary N) is 1. The number of hydrogen-bond donors (Lipinski definition) is 1. The molecule has 1 atom stereocenters. The Kier molecular flexibility index (Phi) is 5.66. The van der Waals surface area contributed by atoms with Gasteiger partial charge in [-0.05, 0) is 38.9 Å². The number of benzene rings is 1. The Bertz CT molecular complexity index is 320. The molecule has 96 valence electrons. The first kappa shape index (κ1) is 14.2. The van der Waals surface area contributed by atoms with Crippen LogP contribution in [0, 0.1) is 6.92 Å². The van der Waals surface area contributed by atoms with E-state index in [1.54, 1.807) is 7.11 Å². The fourth-order valence-electron chi connectivity index (χ4n) is 2.33. The second-order valence-corrected chi connectivity index (χ2v) is 4.79. The summed E-state index contributed by atoms with van der Waals surface area (Å²) in [6.07, 6.45) is 2.21. The van der Waals surface area contributed by atoms with Crippen molar-refractivity contribution in [3.63, 3.8) is 0 Å². The molecule has 0 bridgehead atoms. The van der Waals surface area contributed by atoms with Crippen molar-refractivity contribution in [2.45, 2.75) is 32.1 Å². The molecule has 0 radical (unpaired) electrons. The zero-order chi connectivity index (χ0) is 12.7. The van der Waals surface area contributed by atoms with Crippen molar-refractivity contribution < 1.29 is 4.74 Å². The first-order valence-electron chi connectivity index (χ1n) is 6.39. The van der Waals surface area contributed by atoms with Gasteiger partial charge in [0.25, 0.3) is 0 Å². The molecule has 0 heterocycles. The summed E-state index contributed by atoms with van der Waals surface area (Å²) < 4.78 is 5.45. The molecule has 0 saturated carbocycles. The topological polar surface area (TPSA) is 21.3 Å². The molecule has 1 aromatic rings. The van der Waals surface area contributed by atoms with Crippen LogP contribution in [-0.2, 0) is 10.2 Å². The lowest BCUT2D eigenvalue weighted by molar-refractivity contribution is 0.120. The van der Waals surface area contributed by atoms with Gasteiger partial charge < -0.3 is 10.1 Å². The zero-order valence-electron chi connectivity index (χ0n) is 11.5. The van der Waals surface area contributed by atoms with Crippen LogP contribution in [0.2, 0.25) is 0 Å². The lowest BCUT2D eigenvalue weighted by Gasteiger charge is -2.33. The monoisotopic (exact) mass is 235 g/mol. The van der Waals surface area contributed by atoms with Gasteiger partial charge in [-0.15, -0.1) is 0 Å². The molecular formula is C15H25NO. The van der Waals surface area contributed by atoms with Crippen LogP contribution in [0.15, 0.2) is 24.3 Å². The third-order valence-corrected chi connectivity index (χ3v) is 3.61. The third kappa shape index (κ3) is 3.55. The molecule has 2 nitrogen and oxygen atoms in total. The standard InChI is InChI=1S/C15H25NO/c1-5-15(12-17-4,10-11-16-3)14-8-6-13(2)7-9-14/h6-9,16H,5,10-12H2,1-4H3. The van der Waals surface area contributed by atoms with Gasteiger partial charge >= 0.3 is 0 Å². The largest absolute Gasteiger partial charge is 0.384 e. The number of ether oxygens (including phenoxy) is 1. The maximum absolute atomic E-state index is 5.45. The van der Waals surface area contributed by atoms with Crippen LogP contribution in [0.3, 0.4) is 0 Å². The average molecular weight is 235 g/mol. The van der Waals surface area contributed by atoms with Gasteiger partial charge in [0, 0.05) is 12.5 Å². The number of aryl methyl sites for hydroxylation is 1. The molecule has 1 N–H and O–H groups in total. The summed E-state index contributed by atoms with van der Waals surface area (Å²) in [5, 5.41) is 3.24. The first-order chi connectivity index (χ1) is 8.18. The Labute approximate surface area is 105 Å². The molecule has 0 fully saturated rings. The van der Waals surface area contributed by atoms with Gasteiger partial charge in [-0.3, -0.25) is 0 Å². The maximum atomic E-state index is 5.45. The highest BCUT2D eigenvalue weighted by Gasteiger charge is 2.29. The smallest absolute Gasteiger partial charge is 0.0559 e. The number of hydrogen-bond acceptors (Lipinski definition) is 2. The fraction of sp³-hybridized carbons (Fsp3) is 0.600. The summed E-state index contributed by atoms with van der Waals surface area (Å²) in [5.41, 5.74) is 2.85. The second kappa shape index (κ2) is 6.77. The summed E-state index contributed by atoms with van der Waals surface area (Å²) >= 11 is 0. The SMILES string of the molecule is CCC(CCNC)(COC)c1ccc(C)cc1. The molecule has 1 rings (SSSR count). The van der Waals surface area contributed by atoms with Gasteiger partial charge in [-0.2, -0.15) is 0 Å². The molecule has 0 saturated heterocycles. The molecular weight excluding hydrogens is 210 g/mol. The molecule has 1 aromatic carbocycles. The zero-order valence-corrected chi connectivity index (χ0v) is 11.5. The molecule has 0 aliphatic rings. The lowest BCUT2D eigenvalue weighted by Crippen LogP contribution is -2.34. The Morgan fingerprint density at radius 1 is 1.24 bits per heavy atom. The van der Waals surface area contributed by atoms with Crippen LogP contribution >= 0.6 is 0 Å². The van der Waals surface area contributed by atoms with Crippen LogP contribution in [0.1, 0.15) is 30.9 Å². The summed E-state index contributed by atoms with van der Waals surface area (Å²) in [6, 6.07) is 8.87. The van der Waals surface area contributed by atoms with E-state index >= 15 is 0 Å². The molecule has 0 spiro atoms. The Morgan fingerprint density at radius 3 is 2.35 bits per heavy atom.